The van der Waals surface area contributed by atoms with Crippen molar-refractivity contribution in [2.75, 3.05) is 42.3 Å². The molecule has 3 rings (SSSR count). The first-order chi connectivity index (χ1) is 13.2. The molecule has 0 unspecified atom stereocenters. The van der Waals surface area contributed by atoms with Crippen molar-refractivity contribution in [1.29, 1.82) is 0 Å². The number of rotatable bonds is 8. The maximum atomic E-state index is 12.3. The SMILES string of the molecule is C=CCn1c(CC)nnc1SCC(=O)Nc1ccc(N2CCOCC2)cc1. The number of ether oxygens (including phenoxy) is 1. The highest BCUT2D eigenvalue weighted by molar-refractivity contribution is 7.99. The number of aromatic nitrogens is 3. The van der Waals surface area contributed by atoms with Crippen molar-refractivity contribution in [3.05, 3.63) is 42.7 Å². The molecule has 0 radical (unpaired) electrons. The molecule has 144 valence electrons. The van der Waals surface area contributed by atoms with E-state index < -0.39 is 0 Å². The van der Waals surface area contributed by atoms with E-state index in [2.05, 4.69) is 27.0 Å². The van der Waals surface area contributed by atoms with Crippen LogP contribution in [0.4, 0.5) is 11.4 Å². The highest BCUT2D eigenvalue weighted by Gasteiger charge is 2.13. The number of nitrogens with zero attached hydrogens (tertiary/aromatic N) is 4. The maximum absolute atomic E-state index is 12.3. The van der Waals surface area contributed by atoms with Gasteiger partial charge in [-0.15, -0.1) is 16.8 Å². The Morgan fingerprint density at radius 3 is 2.70 bits per heavy atom. The summed E-state index contributed by atoms with van der Waals surface area (Å²) >= 11 is 1.38. The Bertz CT molecular complexity index is 769. The lowest BCUT2D eigenvalue weighted by Crippen LogP contribution is -2.36. The molecule has 1 aliphatic heterocycles. The van der Waals surface area contributed by atoms with Gasteiger partial charge in [0.05, 0.1) is 19.0 Å². The predicted molar refractivity (Wildman–Crippen MR) is 108 cm³/mol. The van der Waals surface area contributed by atoms with Crippen molar-refractivity contribution >= 4 is 29.0 Å². The number of anilines is 2. The molecule has 8 heteroatoms. The van der Waals surface area contributed by atoms with E-state index in [0.717, 1.165) is 55.1 Å². The number of aryl methyl sites for hydroxylation is 1. The second-order valence-electron chi connectivity index (χ2n) is 6.13. The normalized spacial score (nSPS) is 14.2. The van der Waals surface area contributed by atoms with Gasteiger partial charge in [0.1, 0.15) is 5.82 Å². The van der Waals surface area contributed by atoms with Crippen LogP contribution in [0.15, 0.2) is 42.1 Å². The van der Waals surface area contributed by atoms with Crippen LogP contribution in [0, 0.1) is 0 Å². The number of carbonyl (C=O) groups is 1. The van der Waals surface area contributed by atoms with Crippen LogP contribution in [-0.2, 0) is 22.5 Å². The van der Waals surface area contributed by atoms with Gasteiger partial charge < -0.3 is 19.5 Å². The van der Waals surface area contributed by atoms with Crippen molar-refractivity contribution in [2.24, 2.45) is 0 Å². The fourth-order valence-electron chi connectivity index (χ4n) is 2.90. The molecule has 1 aromatic carbocycles. The molecule has 0 bridgehead atoms. The molecule has 1 amide bonds. The smallest absolute Gasteiger partial charge is 0.234 e. The third kappa shape index (κ3) is 5.11. The summed E-state index contributed by atoms with van der Waals surface area (Å²) in [4.78, 5) is 14.6. The Morgan fingerprint density at radius 2 is 2.04 bits per heavy atom. The number of hydrogen-bond acceptors (Lipinski definition) is 6. The van der Waals surface area contributed by atoms with Gasteiger partial charge in [0.25, 0.3) is 0 Å². The molecule has 0 atom stereocenters. The highest BCUT2D eigenvalue weighted by atomic mass is 32.2. The standard InChI is InChI=1S/C19H25N5O2S/c1-3-9-24-17(4-2)21-22-19(24)27-14-18(25)20-15-5-7-16(8-6-15)23-10-12-26-13-11-23/h3,5-8H,1,4,9-14H2,2H3,(H,20,25). The third-order valence-corrected chi connectivity index (χ3v) is 5.25. The summed E-state index contributed by atoms with van der Waals surface area (Å²) in [6.07, 6.45) is 2.60. The van der Waals surface area contributed by atoms with E-state index in [4.69, 9.17) is 4.74 Å². The van der Waals surface area contributed by atoms with Crippen LogP contribution in [0.5, 0.6) is 0 Å². The monoisotopic (exact) mass is 387 g/mol. The number of benzene rings is 1. The molecule has 1 fully saturated rings. The summed E-state index contributed by atoms with van der Waals surface area (Å²) in [7, 11) is 0. The number of carbonyl (C=O) groups excluding carboxylic acids is 1. The average molecular weight is 388 g/mol. The highest BCUT2D eigenvalue weighted by Crippen LogP contribution is 2.21. The van der Waals surface area contributed by atoms with Crippen LogP contribution in [-0.4, -0.2) is 52.7 Å². The van der Waals surface area contributed by atoms with Crippen LogP contribution in [0.2, 0.25) is 0 Å². The zero-order valence-corrected chi connectivity index (χ0v) is 16.4. The first-order valence-corrected chi connectivity index (χ1v) is 10.1. The van der Waals surface area contributed by atoms with Gasteiger partial charge in [-0.05, 0) is 24.3 Å². The van der Waals surface area contributed by atoms with Gasteiger partial charge >= 0.3 is 0 Å². The Balaban J connectivity index is 1.53. The van der Waals surface area contributed by atoms with Crippen LogP contribution in [0.25, 0.3) is 0 Å². The van der Waals surface area contributed by atoms with Crippen molar-refractivity contribution < 1.29 is 9.53 Å². The Morgan fingerprint density at radius 1 is 1.30 bits per heavy atom. The lowest BCUT2D eigenvalue weighted by molar-refractivity contribution is -0.113. The van der Waals surface area contributed by atoms with E-state index in [9.17, 15) is 4.79 Å². The van der Waals surface area contributed by atoms with Crippen LogP contribution in [0.3, 0.4) is 0 Å². The molecule has 2 aromatic rings. The fourth-order valence-corrected chi connectivity index (χ4v) is 3.67. The topological polar surface area (TPSA) is 72.3 Å². The summed E-state index contributed by atoms with van der Waals surface area (Å²) in [5.74, 6) is 1.12. The molecule has 7 nitrogen and oxygen atoms in total. The number of morpholine rings is 1. The van der Waals surface area contributed by atoms with E-state index >= 15 is 0 Å². The van der Waals surface area contributed by atoms with Gasteiger partial charge in [-0.2, -0.15) is 0 Å². The van der Waals surface area contributed by atoms with E-state index in [1.807, 2.05) is 41.8 Å². The molecule has 1 saturated heterocycles. The van der Waals surface area contributed by atoms with E-state index in [1.54, 1.807) is 0 Å². The van der Waals surface area contributed by atoms with Crippen LogP contribution < -0.4 is 10.2 Å². The number of hydrogen-bond donors (Lipinski definition) is 1. The number of amides is 1. The van der Waals surface area contributed by atoms with Gasteiger partial charge in [-0.25, -0.2) is 0 Å². The Kier molecular flexibility index (Phi) is 6.89. The summed E-state index contributed by atoms with van der Waals surface area (Å²) in [6, 6.07) is 7.93. The maximum Gasteiger partial charge on any atom is 0.234 e. The quantitative estimate of drug-likeness (QED) is 0.554. The number of thioether (sulfide) groups is 1. The van der Waals surface area contributed by atoms with Crippen molar-refractivity contribution in [3.63, 3.8) is 0 Å². The molecule has 0 spiro atoms. The van der Waals surface area contributed by atoms with E-state index in [1.165, 1.54) is 11.8 Å². The second kappa shape index (κ2) is 9.57. The first-order valence-electron chi connectivity index (χ1n) is 9.09. The van der Waals surface area contributed by atoms with E-state index in [-0.39, 0.29) is 11.7 Å². The van der Waals surface area contributed by atoms with E-state index in [0.29, 0.717) is 6.54 Å². The molecule has 2 heterocycles. The Hall–Kier alpha value is -2.32. The lowest BCUT2D eigenvalue weighted by atomic mass is 10.2. The van der Waals surface area contributed by atoms with Gasteiger partial charge in [0.15, 0.2) is 5.16 Å². The summed E-state index contributed by atoms with van der Waals surface area (Å²) in [5, 5.41) is 12.0. The molecule has 0 saturated carbocycles. The van der Waals surface area contributed by atoms with Crippen molar-refractivity contribution in [2.45, 2.75) is 25.0 Å². The molecule has 1 N–H and O–H groups in total. The fraction of sp³-hybridized carbons (Fsp3) is 0.421. The van der Waals surface area contributed by atoms with Crippen LogP contribution >= 0.6 is 11.8 Å². The van der Waals surface area contributed by atoms with Gasteiger partial charge in [0, 0.05) is 37.4 Å². The van der Waals surface area contributed by atoms with Gasteiger partial charge in [-0.3, -0.25) is 4.79 Å². The molecule has 0 aliphatic carbocycles. The molecule has 1 aliphatic rings. The first kappa shape index (κ1) is 19.4. The summed E-state index contributed by atoms with van der Waals surface area (Å²) < 4.78 is 7.36. The summed E-state index contributed by atoms with van der Waals surface area (Å²) in [6.45, 7) is 9.75. The average Bonchev–Trinajstić information content (AvgIpc) is 3.10. The second-order valence-corrected chi connectivity index (χ2v) is 7.08. The van der Waals surface area contributed by atoms with Gasteiger partial charge in [0.2, 0.25) is 5.91 Å². The molecule has 1 aromatic heterocycles. The summed E-state index contributed by atoms with van der Waals surface area (Å²) in [5.41, 5.74) is 1.94. The lowest BCUT2D eigenvalue weighted by Gasteiger charge is -2.28. The number of allylic oxidation sites excluding steroid dienone is 1. The van der Waals surface area contributed by atoms with Crippen LogP contribution in [0.1, 0.15) is 12.7 Å². The third-order valence-electron chi connectivity index (χ3n) is 4.28. The minimum Gasteiger partial charge on any atom is -0.378 e. The predicted octanol–water partition coefficient (Wildman–Crippen LogP) is 2.59. The van der Waals surface area contributed by atoms with Gasteiger partial charge in [-0.1, -0.05) is 24.8 Å². The Labute approximate surface area is 163 Å². The molecule has 27 heavy (non-hydrogen) atoms. The largest absolute Gasteiger partial charge is 0.378 e. The zero-order chi connectivity index (χ0) is 19.1. The molecular weight excluding hydrogens is 362 g/mol. The minimum absolute atomic E-state index is 0.0645. The van der Waals surface area contributed by atoms with Crippen molar-refractivity contribution in [3.8, 4) is 0 Å². The van der Waals surface area contributed by atoms with Crippen molar-refractivity contribution in [1.82, 2.24) is 14.8 Å². The molecular formula is C19H25N5O2S. The minimum atomic E-state index is -0.0645. The number of nitrogens with one attached hydrogen (secondary N) is 1. The zero-order valence-electron chi connectivity index (χ0n) is 15.6.